The molecule has 0 aliphatic carbocycles. The predicted octanol–water partition coefficient (Wildman–Crippen LogP) is 2.51. The number of fused-ring (bicyclic) bond motifs is 1. The van der Waals surface area contributed by atoms with Gasteiger partial charge in [0.1, 0.15) is 0 Å². The molecule has 0 saturated heterocycles. The van der Waals surface area contributed by atoms with Gasteiger partial charge in [-0.1, -0.05) is 18.2 Å². The van der Waals surface area contributed by atoms with Crippen LogP contribution in [0.25, 0.3) is 0 Å². The van der Waals surface area contributed by atoms with Crippen LogP contribution in [0.1, 0.15) is 17.2 Å². The zero-order valence-corrected chi connectivity index (χ0v) is 10.7. The molecule has 1 aliphatic heterocycles. The standard InChI is InChI=1S/C15H16N2O2/c1-17-12-4-2-3-10(7-12)15(16)11-5-6-13-14(8-11)19-9-18-13/h2-8,15,17H,9,16H2,1H3. The lowest BCUT2D eigenvalue weighted by Gasteiger charge is -2.14. The Morgan fingerprint density at radius 3 is 2.68 bits per heavy atom. The molecular formula is C15H16N2O2. The SMILES string of the molecule is CNc1cccc(C(N)c2ccc3c(c2)OCO3)c1. The first-order valence-corrected chi connectivity index (χ1v) is 6.21. The fourth-order valence-corrected chi connectivity index (χ4v) is 2.19. The minimum Gasteiger partial charge on any atom is -0.454 e. The van der Waals surface area contributed by atoms with Crippen LogP contribution < -0.4 is 20.5 Å². The number of nitrogens with two attached hydrogens (primary N) is 1. The van der Waals surface area contributed by atoms with E-state index in [9.17, 15) is 0 Å². The number of hydrogen-bond donors (Lipinski definition) is 2. The zero-order valence-electron chi connectivity index (χ0n) is 10.7. The first-order chi connectivity index (χ1) is 9.28. The van der Waals surface area contributed by atoms with E-state index in [-0.39, 0.29) is 12.8 Å². The molecule has 0 aromatic heterocycles. The van der Waals surface area contributed by atoms with Crippen molar-refractivity contribution in [3.8, 4) is 11.5 Å². The van der Waals surface area contributed by atoms with Gasteiger partial charge in [-0.2, -0.15) is 0 Å². The molecule has 2 aromatic carbocycles. The average molecular weight is 256 g/mol. The molecule has 0 radical (unpaired) electrons. The van der Waals surface area contributed by atoms with Crippen molar-refractivity contribution in [2.24, 2.45) is 5.73 Å². The summed E-state index contributed by atoms with van der Waals surface area (Å²) < 4.78 is 10.7. The third-order valence-corrected chi connectivity index (χ3v) is 3.29. The summed E-state index contributed by atoms with van der Waals surface area (Å²) in [6.45, 7) is 0.281. The molecule has 2 aromatic rings. The van der Waals surface area contributed by atoms with Crippen molar-refractivity contribution >= 4 is 5.69 Å². The minimum absolute atomic E-state index is 0.178. The molecule has 98 valence electrons. The van der Waals surface area contributed by atoms with Crippen LogP contribution in [-0.4, -0.2) is 13.8 Å². The van der Waals surface area contributed by atoms with Crippen molar-refractivity contribution in [1.29, 1.82) is 0 Å². The maximum Gasteiger partial charge on any atom is 0.231 e. The molecule has 1 aliphatic rings. The smallest absolute Gasteiger partial charge is 0.231 e. The Morgan fingerprint density at radius 2 is 1.84 bits per heavy atom. The minimum atomic E-state index is -0.178. The fourth-order valence-electron chi connectivity index (χ4n) is 2.19. The Kier molecular flexibility index (Phi) is 3.01. The second-order valence-corrected chi connectivity index (χ2v) is 4.47. The van der Waals surface area contributed by atoms with Gasteiger partial charge in [-0.25, -0.2) is 0 Å². The third-order valence-electron chi connectivity index (χ3n) is 3.29. The number of rotatable bonds is 3. The maximum atomic E-state index is 6.31. The van der Waals surface area contributed by atoms with Crippen molar-refractivity contribution in [3.63, 3.8) is 0 Å². The molecule has 4 nitrogen and oxygen atoms in total. The summed E-state index contributed by atoms with van der Waals surface area (Å²) >= 11 is 0. The second-order valence-electron chi connectivity index (χ2n) is 4.47. The lowest BCUT2D eigenvalue weighted by molar-refractivity contribution is 0.174. The van der Waals surface area contributed by atoms with Crippen molar-refractivity contribution in [1.82, 2.24) is 0 Å². The van der Waals surface area contributed by atoms with E-state index >= 15 is 0 Å². The Bertz CT molecular complexity index is 598. The van der Waals surface area contributed by atoms with E-state index in [1.54, 1.807) is 0 Å². The van der Waals surface area contributed by atoms with E-state index in [1.165, 1.54) is 0 Å². The first kappa shape index (κ1) is 11.9. The average Bonchev–Trinajstić information content (AvgIpc) is 2.94. The summed E-state index contributed by atoms with van der Waals surface area (Å²) in [6.07, 6.45) is 0. The van der Waals surface area contributed by atoms with Crippen LogP contribution in [0, 0.1) is 0 Å². The molecular weight excluding hydrogens is 240 g/mol. The van der Waals surface area contributed by atoms with Crippen LogP contribution in [-0.2, 0) is 0 Å². The number of benzene rings is 2. The molecule has 0 fully saturated rings. The molecule has 0 saturated carbocycles. The molecule has 1 atom stereocenters. The number of anilines is 1. The Morgan fingerprint density at radius 1 is 1.05 bits per heavy atom. The Hall–Kier alpha value is -2.20. The summed E-state index contributed by atoms with van der Waals surface area (Å²) in [5, 5.41) is 3.12. The van der Waals surface area contributed by atoms with Gasteiger partial charge in [0.25, 0.3) is 0 Å². The van der Waals surface area contributed by atoms with E-state index in [0.717, 1.165) is 28.3 Å². The second kappa shape index (κ2) is 4.82. The molecule has 3 N–H and O–H groups in total. The molecule has 0 amide bonds. The number of hydrogen-bond acceptors (Lipinski definition) is 4. The molecule has 1 heterocycles. The lowest BCUT2D eigenvalue weighted by Crippen LogP contribution is -2.12. The van der Waals surface area contributed by atoms with Crippen molar-refractivity contribution in [2.45, 2.75) is 6.04 Å². The van der Waals surface area contributed by atoms with Crippen molar-refractivity contribution in [2.75, 3.05) is 19.2 Å². The quantitative estimate of drug-likeness (QED) is 0.886. The normalized spacial score (nSPS) is 14.2. The van der Waals surface area contributed by atoms with Crippen molar-refractivity contribution < 1.29 is 9.47 Å². The van der Waals surface area contributed by atoms with Crippen LogP contribution >= 0.6 is 0 Å². The Labute approximate surface area is 112 Å². The Balaban J connectivity index is 1.92. The number of nitrogens with one attached hydrogen (secondary N) is 1. The van der Waals surface area contributed by atoms with Gasteiger partial charge in [-0.05, 0) is 35.4 Å². The van der Waals surface area contributed by atoms with Gasteiger partial charge in [-0.15, -0.1) is 0 Å². The van der Waals surface area contributed by atoms with Gasteiger partial charge in [-0.3, -0.25) is 0 Å². The van der Waals surface area contributed by atoms with Gasteiger partial charge >= 0.3 is 0 Å². The zero-order chi connectivity index (χ0) is 13.2. The summed E-state index contributed by atoms with van der Waals surface area (Å²) in [5.41, 5.74) is 9.43. The highest BCUT2D eigenvalue weighted by molar-refractivity contribution is 5.50. The largest absolute Gasteiger partial charge is 0.454 e. The maximum absolute atomic E-state index is 6.31. The van der Waals surface area contributed by atoms with E-state index in [2.05, 4.69) is 11.4 Å². The first-order valence-electron chi connectivity index (χ1n) is 6.21. The topological polar surface area (TPSA) is 56.5 Å². The van der Waals surface area contributed by atoms with Gasteiger partial charge < -0.3 is 20.5 Å². The van der Waals surface area contributed by atoms with E-state index in [4.69, 9.17) is 15.2 Å². The van der Waals surface area contributed by atoms with Crippen molar-refractivity contribution in [3.05, 3.63) is 53.6 Å². The molecule has 0 spiro atoms. The van der Waals surface area contributed by atoms with Gasteiger partial charge in [0.05, 0.1) is 6.04 Å². The molecule has 1 unspecified atom stereocenters. The summed E-state index contributed by atoms with van der Waals surface area (Å²) in [6, 6.07) is 13.7. The van der Waals surface area contributed by atoms with Gasteiger partial charge in [0.15, 0.2) is 11.5 Å². The van der Waals surface area contributed by atoms with Gasteiger partial charge in [0, 0.05) is 12.7 Å². The third kappa shape index (κ3) is 2.22. The van der Waals surface area contributed by atoms with Crippen LogP contribution in [0.15, 0.2) is 42.5 Å². The fraction of sp³-hybridized carbons (Fsp3) is 0.200. The molecule has 4 heteroatoms. The predicted molar refractivity (Wildman–Crippen MR) is 74.6 cm³/mol. The van der Waals surface area contributed by atoms with Crippen LogP contribution in [0.4, 0.5) is 5.69 Å². The highest BCUT2D eigenvalue weighted by Gasteiger charge is 2.16. The number of ether oxygens (including phenoxy) is 2. The summed E-state index contributed by atoms with van der Waals surface area (Å²) in [5.74, 6) is 1.54. The highest BCUT2D eigenvalue weighted by Crippen LogP contribution is 2.35. The van der Waals surface area contributed by atoms with Crippen LogP contribution in [0.3, 0.4) is 0 Å². The summed E-state index contributed by atoms with van der Waals surface area (Å²) in [4.78, 5) is 0. The molecule has 0 bridgehead atoms. The van der Waals surface area contributed by atoms with Crippen LogP contribution in [0.5, 0.6) is 11.5 Å². The monoisotopic (exact) mass is 256 g/mol. The lowest BCUT2D eigenvalue weighted by atomic mass is 9.99. The van der Waals surface area contributed by atoms with E-state index < -0.39 is 0 Å². The van der Waals surface area contributed by atoms with Gasteiger partial charge in [0.2, 0.25) is 6.79 Å². The molecule has 3 rings (SSSR count). The van der Waals surface area contributed by atoms with E-state index in [1.807, 2.05) is 43.4 Å². The summed E-state index contributed by atoms with van der Waals surface area (Å²) in [7, 11) is 1.89. The van der Waals surface area contributed by atoms with E-state index in [0.29, 0.717) is 0 Å². The highest BCUT2D eigenvalue weighted by atomic mass is 16.7. The molecule has 19 heavy (non-hydrogen) atoms. The van der Waals surface area contributed by atoms with Crippen LogP contribution in [0.2, 0.25) is 0 Å².